The minimum atomic E-state index is -0.370. The Labute approximate surface area is 191 Å². The average Bonchev–Trinajstić information content (AvgIpc) is 3.45. The van der Waals surface area contributed by atoms with Gasteiger partial charge in [-0.1, -0.05) is 36.4 Å². The molecule has 33 heavy (non-hydrogen) atoms. The second-order valence-electron chi connectivity index (χ2n) is 8.15. The van der Waals surface area contributed by atoms with Crippen molar-refractivity contribution in [1.82, 2.24) is 15.0 Å². The summed E-state index contributed by atoms with van der Waals surface area (Å²) in [6.07, 6.45) is 9.28. The molecule has 2 aromatic heterocycles. The Morgan fingerprint density at radius 3 is 2.76 bits per heavy atom. The minimum Gasteiger partial charge on any atom is -0.512 e. The van der Waals surface area contributed by atoms with Gasteiger partial charge in [-0.3, -0.25) is 9.78 Å². The predicted octanol–water partition coefficient (Wildman–Crippen LogP) is 4.75. The highest BCUT2D eigenvalue weighted by molar-refractivity contribution is 6.03. The summed E-state index contributed by atoms with van der Waals surface area (Å²) in [7, 11) is 0. The van der Waals surface area contributed by atoms with Crippen LogP contribution < -0.4 is 0 Å². The van der Waals surface area contributed by atoms with Gasteiger partial charge in [0.05, 0.1) is 29.6 Å². The molecule has 0 fully saturated rings. The lowest BCUT2D eigenvalue weighted by atomic mass is 9.93. The number of carbonyl (C=O) groups excluding carboxylic acids is 1. The van der Waals surface area contributed by atoms with E-state index in [-0.39, 0.29) is 18.4 Å². The van der Waals surface area contributed by atoms with Crippen molar-refractivity contribution in [2.75, 3.05) is 0 Å². The molecule has 1 aliphatic heterocycles. The third-order valence-corrected chi connectivity index (χ3v) is 5.93. The maximum atomic E-state index is 13.4. The van der Waals surface area contributed by atoms with E-state index in [0.29, 0.717) is 35.9 Å². The minimum absolute atomic E-state index is 0.0558. The molecular weight excluding hydrogens is 416 g/mol. The SMILES string of the molecule is Cc1oc(-c2ccccc2)nc1CC(=O)N1N=C(c2cccnc2)CC1C1=C(O)CCC=C1. The smallest absolute Gasteiger partial charge is 0.249 e. The van der Waals surface area contributed by atoms with Crippen molar-refractivity contribution in [3.8, 4) is 11.5 Å². The van der Waals surface area contributed by atoms with Gasteiger partial charge in [0.2, 0.25) is 11.8 Å². The van der Waals surface area contributed by atoms with Gasteiger partial charge in [-0.25, -0.2) is 9.99 Å². The first-order valence-electron chi connectivity index (χ1n) is 11.0. The number of pyridine rings is 1. The second-order valence-corrected chi connectivity index (χ2v) is 8.15. The molecule has 1 amide bonds. The molecule has 3 heterocycles. The van der Waals surface area contributed by atoms with Gasteiger partial charge in [-0.05, 0) is 31.5 Å². The number of hydrogen-bond acceptors (Lipinski definition) is 6. The lowest BCUT2D eigenvalue weighted by Gasteiger charge is -2.25. The van der Waals surface area contributed by atoms with Crippen LogP contribution in [0.25, 0.3) is 11.5 Å². The molecule has 1 atom stereocenters. The van der Waals surface area contributed by atoms with E-state index in [9.17, 15) is 9.90 Å². The number of rotatable bonds is 5. The molecule has 0 radical (unpaired) electrons. The van der Waals surface area contributed by atoms with Crippen LogP contribution in [0.4, 0.5) is 0 Å². The number of hydrogen-bond donors (Lipinski definition) is 1. The van der Waals surface area contributed by atoms with Crippen LogP contribution in [-0.4, -0.2) is 37.7 Å². The number of amides is 1. The van der Waals surface area contributed by atoms with Gasteiger partial charge >= 0.3 is 0 Å². The number of allylic oxidation sites excluding steroid dienone is 2. The van der Waals surface area contributed by atoms with Gasteiger partial charge in [-0.2, -0.15) is 5.10 Å². The average molecular weight is 441 g/mol. The van der Waals surface area contributed by atoms with E-state index in [0.717, 1.165) is 28.8 Å². The number of aliphatic hydroxyl groups excluding tert-OH is 1. The zero-order valence-electron chi connectivity index (χ0n) is 18.3. The Morgan fingerprint density at radius 1 is 1.18 bits per heavy atom. The molecule has 1 unspecified atom stereocenters. The van der Waals surface area contributed by atoms with Crippen LogP contribution in [0.2, 0.25) is 0 Å². The van der Waals surface area contributed by atoms with Crippen molar-refractivity contribution in [2.45, 2.75) is 38.6 Å². The van der Waals surface area contributed by atoms with Crippen molar-refractivity contribution < 1.29 is 14.3 Å². The maximum Gasteiger partial charge on any atom is 0.249 e. The van der Waals surface area contributed by atoms with E-state index in [2.05, 4.69) is 15.1 Å². The highest BCUT2D eigenvalue weighted by Gasteiger charge is 2.36. The first-order chi connectivity index (χ1) is 16.1. The Bertz CT molecular complexity index is 1260. The molecule has 3 aromatic rings. The topological polar surface area (TPSA) is 91.8 Å². The summed E-state index contributed by atoms with van der Waals surface area (Å²) >= 11 is 0. The predicted molar refractivity (Wildman–Crippen MR) is 124 cm³/mol. The highest BCUT2D eigenvalue weighted by atomic mass is 16.4. The van der Waals surface area contributed by atoms with Crippen molar-refractivity contribution in [3.63, 3.8) is 0 Å². The summed E-state index contributed by atoms with van der Waals surface area (Å²) in [5.74, 6) is 1.21. The summed E-state index contributed by atoms with van der Waals surface area (Å²) in [5.41, 5.74) is 3.81. The zero-order chi connectivity index (χ0) is 22.8. The molecule has 0 bridgehead atoms. The fourth-order valence-corrected chi connectivity index (χ4v) is 4.19. The highest BCUT2D eigenvalue weighted by Crippen LogP contribution is 2.31. The Balaban J connectivity index is 1.45. The third-order valence-electron chi connectivity index (χ3n) is 5.93. The number of carbonyl (C=O) groups is 1. The molecule has 2 aliphatic rings. The van der Waals surface area contributed by atoms with E-state index < -0.39 is 0 Å². The van der Waals surface area contributed by atoms with Gasteiger partial charge < -0.3 is 9.52 Å². The third kappa shape index (κ3) is 4.22. The van der Waals surface area contributed by atoms with Crippen LogP contribution in [0.5, 0.6) is 0 Å². The van der Waals surface area contributed by atoms with Gasteiger partial charge in [-0.15, -0.1) is 0 Å². The standard InChI is InChI=1S/C26H24N4O3/c1-17-21(28-26(33-17)18-8-3-2-4-9-18)15-25(32)30-23(20-11-5-6-12-24(20)31)14-22(29-30)19-10-7-13-27-16-19/h2-5,7-11,13,16,23,31H,6,12,14-15H2,1H3. The summed E-state index contributed by atoms with van der Waals surface area (Å²) in [6, 6.07) is 13.0. The molecule has 0 saturated heterocycles. The zero-order valence-corrected chi connectivity index (χ0v) is 18.3. The van der Waals surface area contributed by atoms with Crippen LogP contribution in [0.1, 0.15) is 36.3 Å². The largest absolute Gasteiger partial charge is 0.512 e. The van der Waals surface area contributed by atoms with Crippen LogP contribution in [0.3, 0.4) is 0 Å². The van der Waals surface area contributed by atoms with Crippen molar-refractivity contribution >= 4 is 11.6 Å². The Morgan fingerprint density at radius 2 is 2.00 bits per heavy atom. The van der Waals surface area contributed by atoms with E-state index in [1.807, 2.05) is 61.5 Å². The van der Waals surface area contributed by atoms with Gasteiger partial charge in [0.1, 0.15) is 5.76 Å². The summed E-state index contributed by atoms with van der Waals surface area (Å²) in [5, 5.41) is 16.7. The monoisotopic (exact) mass is 440 g/mol. The lowest BCUT2D eigenvalue weighted by molar-refractivity contribution is -0.131. The molecule has 166 valence electrons. The quantitative estimate of drug-likeness (QED) is 0.618. The summed E-state index contributed by atoms with van der Waals surface area (Å²) < 4.78 is 5.83. The number of nitrogens with zero attached hydrogens (tertiary/aromatic N) is 4. The molecule has 1 aromatic carbocycles. The number of aryl methyl sites for hydroxylation is 1. The lowest BCUT2D eigenvalue weighted by Crippen LogP contribution is -2.36. The number of aliphatic hydroxyl groups is 1. The van der Waals surface area contributed by atoms with Crippen LogP contribution >= 0.6 is 0 Å². The van der Waals surface area contributed by atoms with Crippen molar-refractivity contribution in [2.24, 2.45) is 5.10 Å². The first-order valence-corrected chi connectivity index (χ1v) is 11.0. The molecule has 5 rings (SSSR count). The van der Waals surface area contributed by atoms with E-state index in [1.165, 1.54) is 5.01 Å². The molecule has 0 saturated carbocycles. The molecule has 0 spiro atoms. The second kappa shape index (κ2) is 8.86. The number of benzene rings is 1. The summed E-state index contributed by atoms with van der Waals surface area (Å²) in [4.78, 5) is 22.2. The molecular formula is C26H24N4O3. The van der Waals surface area contributed by atoms with E-state index in [1.54, 1.807) is 12.4 Å². The fourth-order valence-electron chi connectivity index (χ4n) is 4.19. The molecule has 1 aliphatic carbocycles. The van der Waals surface area contributed by atoms with Gasteiger partial charge in [0.15, 0.2) is 0 Å². The number of aromatic nitrogens is 2. The van der Waals surface area contributed by atoms with Crippen molar-refractivity contribution in [1.29, 1.82) is 0 Å². The molecule has 7 heteroatoms. The number of oxazole rings is 1. The van der Waals surface area contributed by atoms with Crippen LogP contribution in [0, 0.1) is 6.92 Å². The van der Waals surface area contributed by atoms with Gasteiger partial charge in [0, 0.05) is 41.9 Å². The Hall–Kier alpha value is -4.00. The molecule has 1 N–H and O–H groups in total. The normalized spacial score (nSPS) is 18.0. The van der Waals surface area contributed by atoms with E-state index >= 15 is 0 Å². The fraction of sp³-hybridized carbons (Fsp3) is 0.231. The Kier molecular flexibility index (Phi) is 5.60. The molecule has 7 nitrogen and oxygen atoms in total. The maximum absolute atomic E-state index is 13.4. The van der Waals surface area contributed by atoms with Crippen LogP contribution in [0.15, 0.2) is 87.9 Å². The number of hydrazone groups is 1. The van der Waals surface area contributed by atoms with Crippen molar-refractivity contribution in [3.05, 3.63) is 95.4 Å². The van der Waals surface area contributed by atoms with Crippen LogP contribution in [-0.2, 0) is 11.2 Å². The first kappa shape index (κ1) is 20.9. The van der Waals surface area contributed by atoms with Gasteiger partial charge in [0.25, 0.3) is 0 Å². The summed E-state index contributed by atoms with van der Waals surface area (Å²) in [6.45, 7) is 1.81. The van der Waals surface area contributed by atoms with E-state index in [4.69, 9.17) is 4.42 Å².